The molecule has 0 aliphatic rings. The van der Waals surface area contributed by atoms with Crippen molar-refractivity contribution >= 4 is 30.2 Å². The molecule has 1 heterocycles. The molecule has 0 radical (unpaired) electrons. The lowest BCUT2D eigenvalue weighted by atomic mass is 9.97. The zero-order valence-corrected chi connectivity index (χ0v) is 20.4. The lowest BCUT2D eigenvalue weighted by Crippen LogP contribution is -2.42. The summed E-state index contributed by atoms with van der Waals surface area (Å²) in [7, 11) is 1.18. The average Bonchev–Trinajstić information content (AvgIpc) is 2.78. The molecule has 0 aliphatic heterocycles. The standard InChI is InChI=1S/C25H35F2N4P/c1-7-19(10-17(2)3)20-8-9-21-16-29-24(13-22(21)12-20)30-18(4)11-25(32(6)28-5)31-23(14-26)15-27/h7-9,12-13,16,23,25,28,31H,2,4,10-11,14-15H2,1,3,5-6H3,(H,29,30)/b19-7+. The van der Waals surface area contributed by atoms with E-state index < -0.39 is 27.5 Å². The first-order valence-corrected chi connectivity index (χ1v) is 12.6. The highest BCUT2D eigenvalue weighted by Crippen LogP contribution is 2.34. The predicted molar refractivity (Wildman–Crippen MR) is 137 cm³/mol. The molecule has 1 aromatic carbocycles. The van der Waals surface area contributed by atoms with Crippen LogP contribution in [0, 0.1) is 0 Å². The molecule has 174 valence electrons. The van der Waals surface area contributed by atoms with Gasteiger partial charge in [-0.25, -0.2) is 13.8 Å². The minimum atomic E-state index is -0.802. The number of nitrogens with one attached hydrogen (secondary N) is 3. The number of anilines is 1. The van der Waals surface area contributed by atoms with Crippen LogP contribution in [0.1, 0.15) is 32.3 Å². The third-order valence-corrected chi connectivity index (χ3v) is 7.27. The number of pyridine rings is 1. The van der Waals surface area contributed by atoms with Gasteiger partial charge in [0.25, 0.3) is 0 Å². The summed E-state index contributed by atoms with van der Waals surface area (Å²) in [4.78, 5) is 4.50. The van der Waals surface area contributed by atoms with Crippen molar-refractivity contribution in [3.63, 3.8) is 0 Å². The highest BCUT2D eigenvalue weighted by molar-refractivity contribution is 7.55. The van der Waals surface area contributed by atoms with Crippen LogP contribution in [-0.2, 0) is 0 Å². The maximum absolute atomic E-state index is 13.0. The van der Waals surface area contributed by atoms with Crippen LogP contribution < -0.4 is 15.7 Å². The second-order valence-corrected chi connectivity index (χ2v) is 10.3. The van der Waals surface area contributed by atoms with Crippen molar-refractivity contribution in [2.45, 2.75) is 38.5 Å². The lowest BCUT2D eigenvalue weighted by molar-refractivity contribution is 0.302. The molecular weight excluding hydrogens is 425 g/mol. The normalized spacial score (nSPS) is 13.9. The van der Waals surface area contributed by atoms with Crippen LogP contribution in [0.15, 0.2) is 61.0 Å². The van der Waals surface area contributed by atoms with E-state index in [9.17, 15) is 8.78 Å². The summed E-state index contributed by atoms with van der Waals surface area (Å²) < 4.78 is 26.1. The molecule has 32 heavy (non-hydrogen) atoms. The van der Waals surface area contributed by atoms with Crippen LogP contribution in [-0.4, -0.2) is 43.9 Å². The van der Waals surface area contributed by atoms with Crippen LogP contribution in [0.4, 0.5) is 14.6 Å². The number of benzene rings is 1. The predicted octanol–water partition coefficient (Wildman–Crippen LogP) is 6.39. The van der Waals surface area contributed by atoms with Gasteiger partial charge in [-0.1, -0.05) is 36.9 Å². The molecule has 4 nitrogen and oxygen atoms in total. The summed E-state index contributed by atoms with van der Waals surface area (Å²) in [6.07, 6.45) is 5.33. The Balaban J connectivity index is 2.18. The monoisotopic (exact) mass is 460 g/mol. The summed E-state index contributed by atoms with van der Waals surface area (Å²) in [6, 6.07) is 7.54. The van der Waals surface area contributed by atoms with Crippen LogP contribution >= 0.6 is 8.07 Å². The van der Waals surface area contributed by atoms with E-state index in [2.05, 4.69) is 58.1 Å². The number of hydrogen-bond donors (Lipinski definition) is 3. The zero-order valence-electron chi connectivity index (χ0n) is 19.5. The molecule has 1 aromatic heterocycles. The van der Waals surface area contributed by atoms with E-state index in [1.165, 1.54) is 5.57 Å². The summed E-state index contributed by atoms with van der Waals surface area (Å²) in [5.74, 6) is 0.579. The number of nitrogens with zero attached hydrogens (tertiary/aromatic N) is 1. The molecule has 0 amide bonds. The van der Waals surface area contributed by atoms with Gasteiger partial charge in [0.05, 0.1) is 6.04 Å². The van der Waals surface area contributed by atoms with E-state index in [1.807, 2.05) is 39.8 Å². The highest BCUT2D eigenvalue weighted by Gasteiger charge is 2.21. The molecule has 2 aromatic rings. The van der Waals surface area contributed by atoms with E-state index in [0.29, 0.717) is 12.2 Å². The highest BCUT2D eigenvalue weighted by atomic mass is 31.1. The Labute approximate surface area is 192 Å². The van der Waals surface area contributed by atoms with Gasteiger partial charge in [-0.3, -0.25) is 5.09 Å². The van der Waals surface area contributed by atoms with E-state index in [-0.39, 0.29) is 5.78 Å². The number of hydrogen-bond acceptors (Lipinski definition) is 4. The van der Waals surface area contributed by atoms with Gasteiger partial charge >= 0.3 is 0 Å². The third-order valence-electron chi connectivity index (χ3n) is 5.30. The fourth-order valence-corrected chi connectivity index (χ4v) is 4.68. The molecule has 2 rings (SSSR count). The number of rotatable bonds is 13. The molecule has 0 bridgehead atoms. The lowest BCUT2D eigenvalue weighted by Gasteiger charge is -2.28. The molecule has 2 unspecified atom stereocenters. The smallest absolute Gasteiger partial charge is 0.130 e. The maximum Gasteiger partial charge on any atom is 0.130 e. The van der Waals surface area contributed by atoms with Gasteiger partial charge in [0.1, 0.15) is 19.2 Å². The second-order valence-electron chi connectivity index (χ2n) is 8.03. The summed E-state index contributed by atoms with van der Waals surface area (Å²) in [5.41, 5.74) is 4.26. The van der Waals surface area contributed by atoms with Gasteiger partial charge in [-0.05, 0) is 70.7 Å². The minimum absolute atomic E-state index is 0.113. The number of fused-ring (bicyclic) bond motifs is 1. The van der Waals surface area contributed by atoms with Gasteiger partial charge in [0.2, 0.25) is 0 Å². The van der Waals surface area contributed by atoms with Crippen molar-refractivity contribution < 1.29 is 8.78 Å². The van der Waals surface area contributed by atoms with Gasteiger partial charge in [0.15, 0.2) is 0 Å². The largest absolute Gasteiger partial charge is 0.344 e. The zero-order chi connectivity index (χ0) is 23.7. The first-order chi connectivity index (χ1) is 15.3. The number of halogens is 2. The Morgan fingerprint density at radius 3 is 2.50 bits per heavy atom. The van der Waals surface area contributed by atoms with Crippen molar-refractivity contribution in [1.29, 1.82) is 0 Å². The van der Waals surface area contributed by atoms with Crippen molar-refractivity contribution in [2.75, 3.05) is 32.4 Å². The quantitative estimate of drug-likeness (QED) is 0.239. The van der Waals surface area contributed by atoms with E-state index >= 15 is 0 Å². The molecule has 0 fully saturated rings. The molecule has 0 spiro atoms. The number of alkyl halides is 2. The maximum atomic E-state index is 13.0. The minimum Gasteiger partial charge on any atom is -0.344 e. The molecule has 7 heteroatoms. The van der Waals surface area contributed by atoms with E-state index in [0.717, 1.165) is 34.0 Å². The van der Waals surface area contributed by atoms with Crippen LogP contribution in [0.25, 0.3) is 16.3 Å². The number of aromatic nitrogens is 1. The van der Waals surface area contributed by atoms with Gasteiger partial charge in [0, 0.05) is 29.5 Å². The van der Waals surface area contributed by atoms with Gasteiger partial charge in [-0.2, -0.15) is 0 Å². The van der Waals surface area contributed by atoms with Crippen molar-refractivity contribution in [2.24, 2.45) is 0 Å². The van der Waals surface area contributed by atoms with E-state index in [1.54, 1.807) is 0 Å². The molecule has 0 aliphatic carbocycles. The average molecular weight is 461 g/mol. The van der Waals surface area contributed by atoms with Crippen molar-refractivity contribution in [1.82, 2.24) is 15.4 Å². The Morgan fingerprint density at radius 2 is 1.91 bits per heavy atom. The first kappa shape index (κ1) is 26.1. The first-order valence-electron chi connectivity index (χ1n) is 10.7. The summed E-state index contributed by atoms with van der Waals surface area (Å²) in [5, 5.41) is 11.7. The Hall–Kier alpha value is -2.14. The van der Waals surface area contributed by atoms with Crippen LogP contribution in [0.5, 0.6) is 0 Å². The molecule has 3 N–H and O–H groups in total. The topological polar surface area (TPSA) is 49.0 Å². The van der Waals surface area contributed by atoms with Crippen molar-refractivity contribution in [3.8, 4) is 0 Å². The summed E-state index contributed by atoms with van der Waals surface area (Å²) in [6.45, 7) is 12.8. The fraction of sp³-hybridized carbons (Fsp3) is 0.400. The van der Waals surface area contributed by atoms with Crippen LogP contribution in [0.3, 0.4) is 0 Å². The Kier molecular flexibility index (Phi) is 10.4. The Bertz CT molecular complexity index is 956. The number of allylic oxidation sites excluding steroid dienone is 3. The van der Waals surface area contributed by atoms with Crippen LogP contribution in [0.2, 0.25) is 0 Å². The SMILES string of the molecule is C=C(C)C/C(=C\C)c1ccc2cnc(NC(=C)CC(NC(CF)CF)P(C)NC)cc2c1. The fourth-order valence-electron chi connectivity index (χ4n) is 3.44. The van der Waals surface area contributed by atoms with E-state index in [4.69, 9.17) is 0 Å². The van der Waals surface area contributed by atoms with Gasteiger partial charge in [-0.15, -0.1) is 0 Å². The molecule has 0 saturated heterocycles. The third kappa shape index (κ3) is 7.47. The van der Waals surface area contributed by atoms with Gasteiger partial charge < -0.3 is 10.6 Å². The Morgan fingerprint density at radius 1 is 1.19 bits per heavy atom. The molecular formula is C25H35F2N4P. The summed E-state index contributed by atoms with van der Waals surface area (Å²) >= 11 is 0. The second kappa shape index (κ2) is 12.8. The molecule has 2 atom stereocenters. The van der Waals surface area contributed by atoms with Crippen molar-refractivity contribution in [3.05, 3.63) is 66.5 Å². The molecule has 0 saturated carbocycles.